The van der Waals surface area contributed by atoms with Crippen LogP contribution in [0, 0.1) is 5.82 Å². The Bertz CT molecular complexity index is 880. The first-order valence-corrected chi connectivity index (χ1v) is 9.66. The number of rotatable bonds is 9. The second-order valence-electron chi connectivity index (χ2n) is 6.65. The van der Waals surface area contributed by atoms with Gasteiger partial charge in [0.2, 0.25) is 0 Å². The Hall–Kier alpha value is -3.34. The Balaban J connectivity index is 1.30. The molecule has 0 radical (unpaired) electrons. The van der Waals surface area contributed by atoms with Gasteiger partial charge in [-0.1, -0.05) is 42.5 Å². The van der Waals surface area contributed by atoms with Crippen molar-refractivity contribution in [1.29, 1.82) is 0 Å². The Morgan fingerprint density at radius 1 is 0.793 bits per heavy atom. The molecule has 0 spiro atoms. The average molecular weight is 393 g/mol. The second kappa shape index (κ2) is 10.9. The van der Waals surface area contributed by atoms with E-state index in [0.29, 0.717) is 18.0 Å². The van der Waals surface area contributed by atoms with Crippen molar-refractivity contribution in [2.45, 2.75) is 25.9 Å². The summed E-state index contributed by atoms with van der Waals surface area (Å²) in [4.78, 5) is 11.7. The molecule has 0 aromatic heterocycles. The van der Waals surface area contributed by atoms with Gasteiger partial charge < -0.3 is 14.8 Å². The molecule has 3 rings (SSSR count). The summed E-state index contributed by atoms with van der Waals surface area (Å²) in [5.74, 6) is 1.03. The van der Waals surface area contributed by atoms with E-state index in [4.69, 9.17) is 9.47 Å². The zero-order chi connectivity index (χ0) is 20.3. The molecule has 1 amide bonds. The quantitative estimate of drug-likeness (QED) is 0.463. The van der Waals surface area contributed by atoms with Crippen LogP contribution < -0.4 is 10.1 Å². The lowest BCUT2D eigenvalue weighted by atomic mass is 10.1. The standard InChI is InChI=1S/C24H24FNO3/c25-21-11-15-23(16-12-21)29-22-13-9-19(10-14-22)6-4-5-17-26-24(27)28-18-20-7-2-1-3-8-20/h1-3,7-16H,4-6,17-18H2,(H,26,27). The molecule has 0 aliphatic heterocycles. The van der Waals surface area contributed by atoms with Crippen molar-refractivity contribution in [3.8, 4) is 11.5 Å². The molecule has 0 atom stereocenters. The first-order chi connectivity index (χ1) is 14.2. The van der Waals surface area contributed by atoms with Gasteiger partial charge >= 0.3 is 6.09 Å². The molecule has 0 unspecified atom stereocenters. The van der Waals surface area contributed by atoms with E-state index < -0.39 is 6.09 Å². The van der Waals surface area contributed by atoms with E-state index in [1.165, 1.54) is 17.7 Å². The maximum atomic E-state index is 12.9. The van der Waals surface area contributed by atoms with Crippen molar-refractivity contribution in [2.24, 2.45) is 0 Å². The predicted molar refractivity (Wildman–Crippen MR) is 110 cm³/mol. The molecule has 0 saturated carbocycles. The summed E-state index contributed by atoms with van der Waals surface area (Å²) in [6.07, 6.45) is 2.35. The fraction of sp³-hybridized carbons (Fsp3) is 0.208. The largest absolute Gasteiger partial charge is 0.457 e. The first kappa shape index (κ1) is 20.4. The summed E-state index contributed by atoms with van der Waals surface area (Å²) in [6, 6.07) is 23.4. The maximum Gasteiger partial charge on any atom is 0.407 e. The molecular formula is C24H24FNO3. The van der Waals surface area contributed by atoms with Gasteiger partial charge in [-0.25, -0.2) is 9.18 Å². The third-order valence-corrected chi connectivity index (χ3v) is 4.35. The van der Waals surface area contributed by atoms with Gasteiger partial charge in [0.05, 0.1) is 0 Å². The van der Waals surface area contributed by atoms with Crippen LogP contribution in [0.15, 0.2) is 78.9 Å². The van der Waals surface area contributed by atoms with Crippen LogP contribution in [0.1, 0.15) is 24.0 Å². The summed E-state index contributed by atoms with van der Waals surface area (Å²) < 4.78 is 23.8. The van der Waals surface area contributed by atoms with Crippen molar-refractivity contribution in [2.75, 3.05) is 6.54 Å². The molecule has 0 fully saturated rings. The summed E-state index contributed by atoms with van der Waals surface area (Å²) in [5.41, 5.74) is 2.16. The molecule has 0 saturated heterocycles. The fourth-order valence-corrected chi connectivity index (χ4v) is 2.78. The number of aryl methyl sites for hydroxylation is 1. The number of ether oxygens (including phenoxy) is 2. The summed E-state index contributed by atoms with van der Waals surface area (Å²) in [7, 11) is 0. The summed E-state index contributed by atoms with van der Waals surface area (Å²) >= 11 is 0. The highest BCUT2D eigenvalue weighted by atomic mass is 19.1. The van der Waals surface area contributed by atoms with Crippen LogP contribution in [0.4, 0.5) is 9.18 Å². The van der Waals surface area contributed by atoms with Gasteiger partial charge in [0.1, 0.15) is 23.9 Å². The van der Waals surface area contributed by atoms with Gasteiger partial charge in [-0.2, -0.15) is 0 Å². The van der Waals surface area contributed by atoms with Crippen LogP contribution in [0.25, 0.3) is 0 Å². The molecule has 5 heteroatoms. The monoisotopic (exact) mass is 393 g/mol. The van der Waals surface area contributed by atoms with Crippen molar-refractivity contribution in [1.82, 2.24) is 5.32 Å². The van der Waals surface area contributed by atoms with Crippen LogP contribution in [-0.4, -0.2) is 12.6 Å². The number of carbonyl (C=O) groups is 1. The van der Waals surface area contributed by atoms with E-state index in [-0.39, 0.29) is 12.4 Å². The number of halogens is 1. The molecule has 0 aliphatic rings. The minimum Gasteiger partial charge on any atom is -0.457 e. The molecule has 0 bridgehead atoms. The number of unbranched alkanes of at least 4 members (excludes halogenated alkanes) is 1. The van der Waals surface area contributed by atoms with Crippen LogP contribution >= 0.6 is 0 Å². The number of hydrogen-bond donors (Lipinski definition) is 1. The molecular weight excluding hydrogens is 369 g/mol. The van der Waals surface area contributed by atoms with Gasteiger partial charge in [0.15, 0.2) is 0 Å². The molecule has 3 aromatic carbocycles. The molecule has 150 valence electrons. The lowest BCUT2D eigenvalue weighted by Gasteiger charge is -2.08. The molecule has 0 heterocycles. The number of alkyl carbamates (subject to hydrolysis) is 1. The van der Waals surface area contributed by atoms with Gasteiger partial charge in [-0.3, -0.25) is 0 Å². The van der Waals surface area contributed by atoms with E-state index in [1.54, 1.807) is 12.1 Å². The van der Waals surface area contributed by atoms with Gasteiger partial charge in [0, 0.05) is 6.54 Å². The predicted octanol–water partition coefficient (Wildman–Crippen LogP) is 5.87. The Morgan fingerprint density at radius 2 is 1.45 bits per heavy atom. The van der Waals surface area contributed by atoms with Gasteiger partial charge in [-0.15, -0.1) is 0 Å². The third-order valence-electron chi connectivity index (χ3n) is 4.35. The summed E-state index contributed by atoms with van der Waals surface area (Å²) in [6.45, 7) is 0.860. The topological polar surface area (TPSA) is 47.6 Å². The second-order valence-corrected chi connectivity index (χ2v) is 6.65. The van der Waals surface area contributed by atoms with Gasteiger partial charge in [-0.05, 0) is 66.8 Å². The van der Waals surface area contributed by atoms with Crippen LogP contribution in [0.2, 0.25) is 0 Å². The zero-order valence-corrected chi connectivity index (χ0v) is 16.1. The molecule has 0 aliphatic carbocycles. The fourth-order valence-electron chi connectivity index (χ4n) is 2.78. The lowest BCUT2D eigenvalue weighted by molar-refractivity contribution is 0.139. The number of hydrogen-bond acceptors (Lipinski definition) is 3. The van der Waals surface area contributed by atoms with Crippen LogP contribution in [0.5, 0.6) is 11.5 Å². The number of carbonyl (C=O) groups excluding carboxylic acids is 1. The number of amides is 1. The highest BCUT2D eigenvalue weighted by molar-refractivity contribution is 5.67. The Labute approximate surface area is 170 Å². The van der Waals surface area contributed by atoms with E-state index in [9.17, 15) is 9.18 Å². The molecule has 1 N–H and O–H groups in total. The SMILES string of the molecule is O=C(NCCCCc1ccc(Oc2ccc(F)cc2)cc1)OCc1ccccc1. The van der Waals surface area contributed by atoms with Crippen molar-refractivity contribution in [3.63, 3.8) is 0 Å². The average Bonchev–Trinajstić information content (AvgIpc) is 2.75. The minimum atomic E-state index is -0.392. The van der Waals surface area contributed by atoms with Crippen LogP contribution in [-0.2, 0) is 17.8 Å². The lowest BCUT2D eigenvalue weighted by Crippen LogP contribution is -2.25. The minimum absolute atomic E-state index is 0.277. The molecule has 3 aromatic rings. The molecule has 29 heavy (non-hydrogen) atoms. The van der Waals surface area contributed by atoms with Gasteiger partial charge in [0.25, 0.3) is 0 Å². The smallest absolute Gasteiger partial charge is 0.407 e. The van der Waals surface area contributed by atoms with E-state index in [0.717, 1.165) is 24.8 Å². The normalized spacial score (nSPS) is 10.4. The highest BCUT2D eigenvalue weighted by Crippen LogP contribution is 2.22. The highest BCUT2D eigenvalue weighted by Gasteiger charge is 2.02. The zero-order valence-electron chi connectivity index (χ0n) is 16.1. The number of benzene rings is 3. The van der Waals surface area contributed by atoms with E-state index in [1.807, 2.05) is 54.6 Å². The van der Waals surface area contributed by atoms with Crippen LogP contribution in [0.3, 0.4) is 0 Å². The Kier molecular flexibility index (Phi) is 7.63. The van der Waals surface area contributed by atoms with E-state index in [2.05, 4.69) is 5.32 Å². The van der Waals surface area contributed by atoms with E-state index >= 15 is 0 Å². The van der Waals surface area contributed by atoms with Crippen molar-refractivity contribution in [3.05, 3.63) is 95.8 Å². The third kappa shape index (κ3) is 7.30. The van der Waals surface area contributed by atoms with Crippen molar-refractivity contribution < 1.29 is 18.7 Å². The van der Waals surface area contributed by atoms with Crippen molar-refractivity contribution >= 4 is 6.09 Å². The molecule has 4 nitrogen and oxygen atoms in total. The first-order valence-electron chi connectivity index (χ1n) is 9.66. The Morgan fingerprint density at radius 3 is 2.14 bits per heavy atom. The maximum absolute atomic E-state index is 12.9. The number of nitrogens with one attached hydrogen (secondary N) is 1. The summed E-state index contributed by atoms with van der Waals surface area (Å²) in [5, 5.41) is 2.77.